The van der Waals surface area contributed by atoms with Crippen LogP contribution in [0, 0.1) is 0 Å². The molecule has 1 heterocycles. The topological polar surface area (TPSA) is 86.6 Å². The maximum Gasteiger partial charge on any atom is 0.261 e. The first kappa shape index (κ1) is 13.9. The van der Waals surface area contributed by atoms with Crippen LogP contribution in [0.25, 0.3) is 6.08 Å². The quantitative estimate of drug-likeness (QED) is 0.703. The van der Waals surface area contributed by atoms with E-state index in [9.17, 15) is 18.6 Å². The molecule has 2 unspecified atom stereocenters. The molecule has 0 saturated carbocycles. The number of hydrogen-bond acceptors (Lipinski definition) is 6. The van der Waals surface area contributed by atoms with Gasteiger partial charge in [-0.1, -0.05) is 23.9 Å². The highest BCUT2D eigenvalue weighted by Crippen LogP contribution is 2.30. The van der Waals surface area contributed by atoms with Gasteiger partial charge in [0.25, 0.3) is 9.05 Å². The summed E-state index contributed by atoms with van der Waals surface area (Å²) in [5.41, 5.74) is -0.134. The summed E-state index contributed by atoms with van der Waals surface area (Å²) in [4.78, 5) is 0.577. The van der Waals surface area contributed by atoms with E-state index in [1.807, 2.05) is 0 Å². The molecule has 0 radical (unpaired) electrons. The Morgan fingerprint density at radius 2 is 1.89 bits per heavy atom. The number of aliphatic hydroxyl groups excluding tert-OH is 2. The normalized spacial score (nSPS) is 26.7. The number of hydrogen-bond donors (Lipinski definition) is 3. The lowest BCUT2D eigenvalue weighted by atomic mass is 10.2. The Morgan fingerprint density at radius 1 is 1.28 bits per heavy atom. The molecule has 1 aromatic carbocycles. The fourth-order valence-corrected chi connectivity index (χ4v) is 3.07. The second kappa shape index (κ2) is 5.20. The van der Waals surface area contributed by atoms with Crippen LogP contribution in [-0.4, -0.2) is 30.4 Å². The monoisotopic (exact) mass is 307 g/mol. The summed E-state index contributed by atoms with van der Waals surface area (Å²) in [5, 5.41) is 21.3. The van der Waals surface area contributed by atoms with Gasteiger partial charge in [-0.15, -0.1) is 0 Å². The third kappa shape index (κ3) is 3.25. The Bertz CT molecular complexity index is 570. The first-order valence-corrected chi connectivity index (χ1v) is 8.10. The van der Waals surface area contributed by atoms with Crippen LogP contribution in [0.3, 0.4) is 0 Å². The van der Waals surface area contributed by atoms with Crippen LogP contribution in [0.1, 0.15) is 5.56 Å². The second-order valence-electron chi connectivity index (χ2n) is 3.59. The van der Waals surface area contributed by atoms with Gasteiger partial charge < -0.3 is 10.2 Å². The van der Waals surface area contributed by atoms with Gasteiger partial charge in [0.15, 0.2) is 5.56 Å². The van der Waals surface area contributed by atoms with Gasteiger partial charge in [0.2, 0.25) is 0 Å². The molecule has 1 fully saturated rings. The lowest BCUT2D eigenvalue weighted by Gasteiger charge is -2.03. The van der Waals surface area contributed by atoms with Gasteiger partial charge in [-0.05, 0) is 23.8 Å². The van der Waals surface area contributed by atoms with Gasteiger partial charge in [-0.3, -0.25) is 5.32 Å². The highest BCUT2D eigenvalue weighted by molar-refractivity contribution is 8.13. The van der Waals surface area contributed by atoms with Gasteiger partial charge >= 0.3 is 0 Å². The lowest BCUT2D eigenvalue weighted by Crippen LogP contribution is -2.28. The van der Waals surface area contributed by atoms with Crippen molar-refractivity contribution in [3.8, 4) is 0 Å². The molecule has 1 aromatic rings. The molecule has 1 aliphatic rings. The van der Waals surface area contributed by atoms with Crippen molar-refractivity contribution in [2.24, 2.45) is 0 Å². The zero-order valence-corrected chi connectivity index (χ0v) is 11.3. The summed E-state index contributed by atoms with van der Waals surface area (Å²) >= 11 is 1.09. The van der Waals surface area contributed by atoms with Crippen molar-refractivity contribution in [1.82, 2.24) is 5.32 Å². The molecule has 0 bridgehead atoms. The summed E-state index contributed by atoms with van der Waals surface area (Å²) in [6.45, 7) is 0. The molecule has 1 saturated heterocycles. The molecule has 1 aliphatic heterocycles. The summed E-state index contributed by atoms with van der Waals surface area (Å²) < 4.78 is 22.1. The van der Waals surface area contributed by atoms with Crippen LogP contribution in [-0.2, 0) is 9.05 Å². The van der Waals surface area contributed by atoms with E-state index in [0.29, 0.717) is 10.5 Å². The molecular formula is C10H10ClNO4S2. The summed E-state index contributed by atoms with van der Waals surface area (Å²) in [5.74, 6) is 0. The summed E-state index contributed by atoms with van der Waals surface area (Å²) in [6, 6.07) is 5.90. The smallest absolute Gasteiger partial charge is 0.261 e. The molecule has 0 amide bonds. The van der Waals surface area contributed by atoms with Gasteiger partial charge in [-0.2, -0.15) is 0 Å². The van der Waals surface area contributed by atoms with Crippen LogP contribution in [0.5, 0.6) is 0 Å². The maximum atomic E-state index is 11.0. The minimum Gasteiger partial charge on any atom is -0.374 e. The van der Waals surface area contributed by atoms with Crippen LogP contribution >= 0.6 is 22.4 Å². The summed E-state index contributed by atoms with van der Waals surface area (Å²) in [6.07, 6.45) is 0.741. The van der Waals surface area contributed by atoms with Gasteiger partial charge in [0.05, 0.1) is 4.90 Å². The van der Waals surface area contributed by atoms with Crippen molar-refractivity contribution in [1.29, 1.82) is 0 Å². The van der Waals surface area contributed by atoms with Gasteiger partial charge in [0, 0.05) is 15.6 Å². The third-order valence-electron chi connectivity index (χ3n) is 2.29. The molecular weight excluding hydrogens is 298 g/mol. The predicted molar refractivity (Wildman–Crippen MR) is 70.2 cm³/mol. The number of benzene rings is 1. The predicted octanol–water partition coefficient (Wildman–Crippen LogP) is 0.886. The van der Waals surface area contributed by atoms with E-state index in [2.05, 4.69) is 5.32 Å². The molecule has 0 spiro atoms. The molecule has 2 atom stereocenters. The van der Waals surface area contributed by atoms with E-state index in [0.717, 1.165) is 11.8 Å². The molecule has 0 aliphatic carbocycles. The van der Waals surface area contributed by atoms with Crippen molar-refractivity contribution >= 4 is 37.6 Å². The van der Waals surface area contributed by atoms with Crippen LogP contribution in [0.2, 0.25) is 0 Å². The van der Waals surface area contributed by atoms with E-state index in [4.69, 9.17) is 10.7 Å². The highest BCUT2D eigenvalue weighted by atomic mass is 35.7. The number of thioether (sulfide) groups is 1. The van der Waals surface area contributed by atoms with E-state index in [1.165, 1.54) is 12.1 Å². The number of rotatable bonds is 2. The highest BCUT2D eigenvalue weighted by Gasteiger charge is 2.25. The second-order valence-corrected chi connectivity index (χ2v) is 7.31. The van der Waals surface area contributed by atoms with Crippen molar-refractivity contribution in [3.63, 3.8) is 0 Å². The van der Waals surface area contributed by atoms with Crippen molar-refractivity contribution < 1.29 is 18.6 Å². The van der Waals surface area contributed by atoms with Gasteiger partial charge in [0.1, 0.15) is 6.23 Å². The molecule has 3 N–H and O–H groups in total. The largest absolute Gasteiger partial charge is 0.374 e. The van der Waals surface area contributed by atoms with E-state index >= 15 is 0 Å². The van der Waals surface area contributed by atoms with E-state index < -0.39 is 20.8 Å². The minimum absolute atomic E-state index is 0.0177. The summed E-state index contributed by atoms with van der Waals surface area (Å²) in [7, 11) is 1.47. The van der Waals surface area contributed by atoms with E-state index in [-0.39, 0.29) is 4.90 Å². The van der Waals surface area contributed by atoms with Crippen LogP contribution < -0.4 is 5.32 Å². The zero-order valence-electron chi connectivity index (χ0n) is 8.95. The molecule has 8 heteroatoms. The Labute approximate surface area is 113 Å². The SMILES string of the molecule is O=S(=O)(Cl)c1ccc(/C=C2\SC(O)NC2O)cc1. The Kier molecular flexibility index (Phi) is 4.00. The fraction of sp³-hybridized carbons (Fsp3) is 0.200. The molecule has 2 rings (SSSR count). The Morgan fingerprint density at radius 3 is 2.33 bits per heavy atom. The average molecular weight is 308 g/mol. The number of aliphatic hydroxyl groups is 2. The fourth-order valence-electron chi connectivity index (χ4n) is 1.45. The number of nitrogens with one attached hydrogen (secondary N) is 1. The molecule has 5 nitrogen and oxygen atoms in total. The lowest BCUT2D eigenvalue weighted by molar-refractivity contribution is 0.127. The Hall–Kier alpha value is -0.570. The Balaban J connectivity index is 2.24. The first-order valence-electron chi connectivity index (χ1n) is 4.91. The average Bonchev–Trinajstić information content (AvgIpc) is 2.57. The van der Waals surface area contributed by atoms with Crippen LogP contribution in [0.4, 0.5) is 0 Å². The number of halogens is 1. The maximum absolute atomic E-state index is 11.0. The molecule has 0 aromatic heterocycles. The third-order valence-corrected chi connectivity index (χ3v) is 4.63. The van der Waals surface area contributed by atoms with E-state index in [1.54, 1.807) is 18.2 Å². The first-order chi connectivity index (χ1) is 8.36. The van der Waals surface area contributed by atoms with Crippen molar-refractivity contribution in [2.75, 3.05) is 0 Å². The molecule has 98 valence electrons. The standard InChI is InChI=1S/C10H10ClNO4S2/c11-18(15,16)7-3-1-6(2-4-7)5-8-9(13)12-10(14)17-8/h1-5,9-10,12-14H/b8-5-. The minimum atomic E-state index is -3.72. The van der Waals surface area contributed by atoms with Gasteiger partial charge in [-0.25, -0.2) is 8.42 Å². The van der Waals surface area contributed by atoms with Crippen molar-refractivity contribution in [3.05, 3.63) is 34.7 Å². The van der Waals surface area contributed by atoms with Crippen LogP contribution in [0.15, 0.2) is 34.1 Å². The molecule has 18 heavy (non-hydrogen) atoms. The zero-order chi connectivity index (χ0) is 13.3. The van der Waals surface area contributed by atoms with Crippen molar-refractivity contribution in [2.45, 2.75) is 16.7 Å².